The summed E-state index contributed by atoms with van der Waals surface area (Å²) in [5.41, 5.74) is 0. The smallest absolute Gasteiger partial charge is 0.229 e. The third-order valence-corrected chi connectivity index (χ3v) is 4.90. The van der Waals surface area contributed by atoms with Crippen LogP contribution in [0.4, 0.5) is 17.6 Å². The zero-order valence-corrected chi connectivity index (χ0v) is 16.8. The van der Waals surface area contributed by atoms with Crippen LogP contribution in [-0.4, -0.2) is 76.7 Å². The first-order valence-corrected chi connectivity index (χ1v) is 9.45. The number of anilines is 3. The molecule has 26 heavy (non-hydrogen) atoms. The van der Waals surface area contributed by atoms with Gasteiger partial charge in [-0.05, 0) is 25.7 Å². The van der Waals surface area contributed by atoms with Crippen molar-refractivity contribution in [2.45, 2.75) is 25.7 Å². The van der Waals surface area contributed by atoms with Gasteiger partial charge in [-0.1, -0.05) is 0 Å². The molecule has 0 unspecified atom stereocenters. The van der Waals surface area contributed by atoms with Gasteiger partial charge in [0, 0.05) is 52.9 Å². The number of halogens is 1. The predicted octanol–water partition coefficient (Wildman–Crippen LogP) is 2.20. The molecule has 0 amide bonds. The molecule has 7 nitrogen and oxygen atoms in total. The molecule has 1 aromatic rings. The van der Waals surface area contributed by atoms with Crippen LogP contribution in [0.3, 0.4) is 0 Å². The standard InChI is InChI=1S/C18H31N5O2.ClH/c1-21(11-12-25-14-13-24-2)16-15-17(22-7-3-4-8-22)20-18(19-16)23-9-5-6-10-23;/h15H,3-14H2,1-2H3;1H. The zero-order chi connectivity index (χ0) is 17.5. The Balaban J connectivity index is 0.00000243. The molecule has 0 aromatic carbocycles. The maximum Gasteiger partial charge on any atom is 0.229 e. The van der Waals surface area contributed by atoms with Crippen molar-refractivity contribution in [2.24, 2.45) is 0 Å². The average molecular weight is 386 g/mol. The van der Waals surface area contributed by atoms with E-state index in [9.17, 15) is 0 Å². The Kier molecular flexibility index (Phi) is 8.68. The van der Waals surface area contributed by atoms with Crippen molar-refractivity contribution in [1.82, 2.24) is 9.97 Å². The summed E-state index contributed by atoms with van der Waals surface area (Å²) in [6.45, 7) is 7.06. The van der Waals surface area contributed by atoms with Crippen LogP contribution in [0, 0.1) is 0 Å². The first-order valence-electron chi connectivity index (χ1n) is 9.45. The lowest BCUT2D eigenvalue weighted by Crippen LogP contribution is -2.28. The summed E-state index contributed by atoms with van der Waals surface area (Å²) in [5, 5.41) is 0. The third-order valence-electron chi connectivity index (χ3n) is 4.90. The van der Waals surface area contributed by atoms with Gasteiger partial charge in [-0.25, -0.2) is 0 Å². The van der Waals surface area contributed by atoms with Crippen LogP contribution in [0.1, 0.15) is 25.7 Å². The second-order valence-electron chi connectivity index (χ2n) is 6.80. The van der Waals surface area contributed by atoms with Gasteiger partial charge >= 0.3 is 0 Å². The summed E-state index contributed by atoms with van der Waals surface area (Å²) in [5.74, 6) is 2.93. The topological polar surface area (TPSA) is 54.0 Å². The summed E-state index contributed by atoms with van der Waals surface area (Å²) in [6, 6.07) is 2.13. The number of rotatable bonds is 9. The molecule has 0 atom stereocenters. The summed E-state index contributed by atoms with van der Waals surface area (Å²) in [6.07, 6.45) is 4.97. The Morgan fingerprint density at radius 1 is 0.962 bits per heavy atom. The fraction of sp³-hybridized carbons (Fsp3) is 0.778. The number of ether oxygens (including phenoxy) is 2. The monoisotopic (exact) mass is 385 g/mol. The van der Waals surface area contributed by atoms with Gasteiger partial charge in [0.1, 0.15) is 11.6 Å². The molecule has 0 bridgehead atoms. The van der Waals surface area contributed by atoms with Gasteiger partial charge in [-0.2, -0.15) is 9.97 Å². The molecule has 2 fully saturated rings. The van der Waals surface area contributed by atoms with Crippen LogP contribution < -0.4 is 14.7 Å². The van der Waals surface area contributed by atoms with Gasteiger partial charge in [-0.15, -0.1) is 12.4 Å². The number of nitrogens with zero attached hydrogens (tertiary/aromatic N) is 5. The molecule has 3 heterocycles. The molecular weight excluding hydrogens is 354 g/mol. The van der Waals surface area contributed by atoms with Crippen molar-refractivity contribution in [1.29, 1.82) is 0 Å². The van der Waals surface area contributed by atoms with E-state index in [1.807, 2.05) is 0 Å². The minimum atomic E-state index is 0. The first-order chi connectivity index (χ1) is 12.3. The lowest BCUT2D eigenvalue weighted by molar-refractivity contribution is 0.0743. The van der Waals surface area contributed by atoms with Gasteiger partial charge < -0.3 is 24.2 Å². The Morgan fingerprint density at radius 2 is 1.62 bits per heavy atom. The van der Waals surface area contributed by atoms with E-state index >= 15 is 0 Å². The van der Waals surface area contributed by atoms with Crippen molar-refractivity contribution in [3.8, 4) is 0 Å². The van der Waals surface area contributed by atoms with E-state index < -0.39 is 0 Å². The van der Waals surface area contributed by atoms with E-state index in [0.29, 0.717) is 19.8 Å². The highest BCUT2D eigenvalue weighted by Crippen LogP contribution is 2.26. The fourth-order valence-corrected chi connectivity index (χ4v) is 3.33. The zero-order valence-electron chi connectivity index (χ0n) is 16.0. The molecule has 148 valence electrons. The highest BCUT2D eigenvalue weighted by atomic mass is 35.5. The molecular formula is C18H32ClN5O2. The van der Waals surface area contributed by atoms with E-state index in [-0.39, 0.29) is 12.4 Å². The van der Waals surface area contributed by atoms with Crippen molar-refractivity contribution < 1.29 is 9.47 Å². The Bertz CT molecular complexity index is 502. The van der Waals surface area contributed by atoms with Crippen molar-refractivity contribution in [3.05, 3.63) is 6.07 Å². The average Bonchev–Trinajstić information content (AvgIpc) is 3.34. The molecule has 2 saturated heterocycles. The molecule has 0 saturated carbocycles. The summed E-state index contributed by atoms with van der Waals surface area (Å²) in [4.78, 5) is 16.6. The van der Waals surface area contributed by atoms with E-state index in [2.05, 4.69) is 27.8 Å². The van der Waals surface area contributed by atoms with E-state index in [1.165, 1.54) is 25.7 Å². The lowest BCUT2D eigenvalue weighted by atomic mass is 10.4. The number of hydrogen-bond donors (Lipinski definition) is 0. The summed E-state index contributed by atoms with van der Waals surface area (Å²) in [7, 11) is 3.76. The molecule has 0 N–H and O–H groups in total. The van der Waals surface area contributed by atoms with Gasteiger partial charge in [-0.3, -0.25) is 0 Å². The molecule has 0 aliphatic carbocycles. The van der Waals surface area contributed by atoms with Crippen molar-refractivity contribution in [2.75, 3.05) is 81.4 Å². The van der Waals surface area contributed by atoms with Crippen LogP contribution in [0.2, 0.25) is 0 Å². The maximum atomic E-state index is 5.60. The Labute approximate surface area is 163 Å². The van der Waals surface area contributed by atoms with Crippen molar-refractivity contribution >= 4 is 30.0 Å². The number of methoxy groups -OCH3 is 1. The van der Waals surface area contributed by atoms with Crippen LogP contribution >= 0.6 is 12.4 Å². The van der Waals surface area contributed by atoms with Crippen molar-refractivity contribution in [3.63, 3.8) is 0 Å². The molecule has 2 aliphatic heterocycles. The van der Waals surface area contributed by atoms with Crippen LogP contribution in [-0.2, 0) is 9.47 Å². The lowest BCUT2D eigenvalue weighted by Gasteiger charge is -2.25. The molecule has 8 heteroatoms. The van der Waals surface area contributed by atoms with Crippen LogP contribution in [0.5, 0.6) is 0 Å². The number of aromatic nitrogens is 2. The van der Waals surface area contributed by atoms with Gasteiger partial charge in [0.15, 0.2) is 0 Å². The molecule has 0 radical (unpaired) electrons. The molecule has 0 spiro atoms. The highest BCUT2D eigenvalue weighted by molar-refractivity contribution is 5.85. The van der Waals surface area contributed by atoms with E-state index in [0.717, 1.165) is 50.3 Å². The van der Waals surface area contributed by atoms with Gasteiger partial charge in [0.25, 0.3) is 0 Å². The molecule has 3 rings (SSSR count). The Hall–Kier alpha value is -1.31. The second kappa shape index (κ2) is 10.7. The number of likely N-dealkylation sites (N-methyl/N-ethyl adjacent to an activating group) is 1. The maximum absolute atomic E-state index is 5.60. The molecule has 1 aromatic heterocycles. The third kappa shape index (κ3) is 5.59. The molecule has 2 aliphatic rings. The normalized spacial score (nSPS) is 16.8. The minimum Gasteiger partial charge on any atom is -0.382 e. The summed E-state index contributed by atoms with van der Waals surface area (Å²) >= 11 is 0. The minimum absolute atomic E-state index is 0. The first kappa shape index (κ1) is 21.0. The highest BCUT2D eigenvalue weighted by Gasteiger charge is 2.21. The van der Waals surface area contributed by atoms with Crippen LogP contribution in [0.15, 0.2) is 6.07 Å². The second-order valence-corrected chi connectivity index (χ2v) is 6.80. The van der Waals surface area contributed by atoms with Crippen LogP contribution in [0.25, 0.3) is 0 Å². The van der Waals surface area contributed by atoms with Gasteiger partial charge in [0.05, 0.1) is 19.8 Å². The summed E-state index contributed by atoms with van der Waals surface area (Å²) < 4.78 is 10.6. The fourth-order valence-electron chi connectivity index (χ4n) is 3.33. The predicted molar refractivity (Wildman–Crippen MR) is 108 cm³/mol. The SMILES string of the molecule is COCCOCCN(C)c1cc(N2CCCC2)nc(N2CCCC2)n1.Cl. The Morgan fingerprint density at radius 3 is 2.27 bits per heavy atom. The van der Waals surface area contributed by atoms with E-state index in [4.69, 9.17) is 19.4 Å². The number of hydrogen-bond acceptors (Lipinski definition) is 7. The van der Waals surface area contributed by atoms with E-state index in [1.54, 1.807) is 7.11 Å². The quantitative estimate of drug-likeness (QED) is 0.604. The largest absolute Gasteiger partial charge is 0.382 e. The van der Waals surface area contributed by atoms with Gasteiger partial charge in [0.2, 0.25) is 5.95 Å².